The van der Waals surface area contributed by atoms with Gasteiger partial charge in [-0.25, -0.2) is 0 Å². The maximum Gasteiger partial charge on any atom is 0.295 e. The molecule has 1 N–H and O–H groups in total. The van der Waals surface area contributed by atoms with Crippen LogP contribution in [0.25, 0.3) is 5.76 Å². The number of benzene rings is 3. The molecule has 1 aliphatic rings. The molecule has 29 heavy (non-hydrogen) atoms. The van der Waals surface area contributed by atoms with E-state index < -0.39 is 17.7 Å². The van der Waals surface area contributed by atoms with Crippen LogP contribution in [0.1, 0.15) is 28.3 Å². The van der Waals surface area contributed by atoms with Crippen molar-refractivity contribution in [1.82, 2.24) is 4.90 Å². The molecule has 4 rings (SSSR count). The van der Waals surface area contributed by atoms with Gasteiger partial charge >= 0.3 is 0 Å². The summed E-state index contributed by atoms with van der Waals surface area (Å²) in [5.74, 6) is -1.41. The number of likely N-dealkylation sites (tertiary alicyclic amines) is 1. The maximum absolute atomic E-state index is 13.0. The molecule has 0 aromatic heterocycles. The molecule has 1 saturated heterocycles. The van der Waals surface area contributed by atoms with Crippen LogP contribution in [-0.2, 0) is 16.1 Å². The first-order valence-corrected chi connectivity index (χ1v) is 9.50. The predicted octanol–water partition coefficient (Wildman–Crippen LogP) is 4.62. The molecule has 0 radical (unpaired) electrons. The Kier molecular flexibility index (Phi) is 5.00. The molecule has 4 nitrogen and oxygen atoms in total. The van der Waals surface area contributed by atoms with Crippen molar-refractivity contribution < 1.29 is 14.7 Å². The number of ketones is 1. The highest BCUT2D eigenvalue weighted by Gasteiger charge is 2.45. The normalized spacial score (nSPS) is 18.2. The number of nitrogens with zero attached hydrogens (tertiary/aromatic N) is 1. The second-order valence-corrected chi connectivity index (χ2v) is 7.19. The third kappa shape index (κ3) is 3.57. The zero-order valence-corrected chi connectivity index (χ0v) is 16.1. The summed E-state index contributed by atoms with van der Waals surface area (Å²) in [5, 5.41) is 11.0. The van der Waals surface area contributed by atoms with Gasteiger partial charge in [-0.1, -0.05) is 90.5 Å². The third-order valence-corrected chi connectivity index (χ3v) is 5.18. The number of aryl methyl sites for hydroxylation is 1. The van der Waals surface area contributed by atoms with Crippen LogP contribution in [0.4, 0.5) is 0 Å². The van der Waals surface area contributed by atoms with E-state index in [1.807, 2.05) is 79.7 Å². The Morgan fingerprint density at radius 3 is 2.07 bits per heavy atom. The fourth-order valence-corrected chi connectivity index (χ4v) is 3.67. The molecular formula is C25H21NO3. The molecule has 4 heteroatoms. The van der Waals surface area contributed by atoms with Crippen LogP contribution in [0.3, 0.4) is 0 Å². The van der Waals surface area contributed by atoms with Crippen LogP contribution in [0.15, 0.2) is 90.5 Å². The molecule has 1 aliphatic heterocycles. The van der Waals surface area contributed by atoms with Gasteiger partial charge in [-0.15, -0.1) is 0 Å². The van der Waals surface area contributed by atoms with Gasteiger partial charge in [0.2, 0.25) is 0 Å². The first-order valence-electron chi connectivity index (χ1n) is 9.50. The molecule has 0 aliphatic carbocycles. The lowest BCUT2D eigenvalue weighted by molar-refractivity contribution is -0.140. The minimum Gasteiger partial charge on any atom is -0.507 e. The van der Waals surface area contributed by atoms with Crippen molar-refractivity contribution in [1.29, 1.82) is 0 Å². The number of aliphatic hydroxyl groups is 1. The van der Waals surface area contributed by atoms with Crippen molar-refractivity contribution in [3.63, 3.8) is 0 Å². The van der Waals surface area contributed by atoms with Crippen LogP contribution in [0.2, 0.25) is 0 Å². The number of hydrogen-bond acceptors (Lipinski definition) is 3. The predicted molar refractivity (Wildman–Crippen MR) is 112 cm³/mol. The lowest BCUT2D eigenvalue weighted by Crippen LogP contribution is -2.29. The summed E-state index contributed by atoms with van der Waals surface area (Å²) in [6, 6.07) is 25.5. The minimum atomic E-state index is -0.659. The molecular weight excluding hydrogens is 362 g/mol. The van der Waals surface area contributed by atoms with E-state index in [2.05, 4.69) is 0 Å². The second kappa shape index (κ2) is 7.76. The molecule has 144 valence electrons. The smallest absolute Gasteiger partial charge is 0.295 e. The van der Waals surface area contributed by atoms with E-state index >= 15 is 0 Å². The van der Waals surface area contributed by atoms with Crippen LogP contribution >= 0.6 is 0 Å². The molecule has 3 aromatic carbocycles. The number of carbonyl (C=O) groups is 2. The molecule has 1 fully saturated rings. The van der Waals surface area contributed by atoms with Crippen LogP contribution < -0.4 is 0 Å². The molecule has 3 aromatic rings. The van der Waals surface area contributed by atoms with Gasteiger partial charge in [-0.05, 0) is 18.1 Å². The average Bonchev–Trinajstić information content (AvgIpc) is 3.00. The Balaban J connectivity index is 1.85. The van der Waals surface area contributed by atoms with E-state index in [1.165, 1.54) is 4.90 Å². The van der Waals surface area contributed by atoms with E-state index in [9.17, 15) is 14.7 Å². The maximum atomic E-state index is 13.0. The van der Waals surface area contributed by atoms with Gasteiger partial charge in [0.25, 0.3) is 11.7 Å². The van der Waals surface area contributed by atoms with E-state index in [1.54, 1.807) is 12.1 Å². The lowest BCUT2D eigenvalue weighted by Gasteiger charge is -2.25. The van der Waals surface area contributed by atoms with Crippen molar-refractivity contribution >= 4 is 17.4 Å². The Labute approximate surface area is 169 Å². The SMILES string of the molecule is Cc1ccc(C(O)=C2C(=O)C(=O)N(Cc3ccccc3)[C@@H]2c2ccccc2)cc1. The fourth-order valence-electron chi connectivity index (χ4n) is 3.67. The zero-order valence-electron chi connectivity index (χ0n) is 16.1. The Morgan fingerprint density at radius 2 is 1.45 bits per heavy atom. The molecule has 0 saturated carbocycles. The summed E-state index contributed by atoms with van der Waals surface area (Å²) in [7, 11) is 0. The Morgan fingerprint density at radius 1 is 0.862 bits per heavy atom. The summed E-state index contributed by atoms with van der Waals surface area (Å²) in [4.78, 5) is 27.4. The number of rotatable bonds is 4. The Bertz CT molecular complexity index is 1070. The number of aliphatic hydroxyl groups excluding tert-OH is 1. The van der Waals surface area contributed by atoms with E-state index in [4.69, 9.17) is 0 Å². The summed E-state index contributed by atoms with van der Waals surface area (Å²) in [6.07, 6.45) is 0. The number of Topliss-reactive ketones (excluding diaryl/α,β-unsaturated/α-hetero) is 1. The average molecular weight is 383 g/mol. The van der Waals surface area contributed by atoms with Gasteiger partial charge in [0.15, 0.2) is 0 Å². The van der Waals surface area contributed by atoms with E-state index in [0.29, 0.717) is 5.56 Å². The second-order valence-electron chi connectivity index (χ2n) is 7.19. The van der Waals surface area contributed by atoms with Gasteiger partial charge in [-0.2, -0.15) is 0 Å². The largest absolute Gasteiger partial charge is 0.507 e. The lowest BCUT2D eigenvalue weighted by atomic mass is 9.95. The summed E-state index contributed by atoms with van der Waals surface area (Å²) < 4.78 is 0. The van der Waals surface area contributed by atoms with Gasteiger partial charge in [-0.3, -0.25) is 9.59 Å². The van der Waals surface area contributed by atoms with Crippen molar-refractivity contribution in [2.45, 2.75) is 19.5 Å². The Hall–Kier alpha value is -3.66. The van der Waals surface area contributed by atoms with E-state index in [0.717, 1.165) is 16.7 Å². The number of carbonyl (C=O) groups excluding carboxylic acids is 2. The molecule has 1 amide bonds. The third-order valence-electron chi connectivity index (χ3n) is 5.18. The summed E-state index contributed by atoms with van der Waals surface area (Å²) in [5.41, 5.74) is 3.41. The highest BCUT2D eigenvalue weighted by Crippen LogP contribution is 2.40. The van der Waals surface area contributed by atoms with Crippen molar-refractivity contribution in [2.24, 2.45) is 0 Å². The molecule has 0 unspecified atom stereocenters. The molecule has 0 spiro atoms. The minimum absolute atomic E-state index is 0.126. The monoisotopic (exact) mass is 383 g/mol. The zero-order chi connectivity index (χ0) is 20.4. The standard InChI is InChI=1S/C25H21NO3/c1-17-12-14-20(15-13-17)23(27)21-22(19-10-6-3-7-11-19)26(25(29)24(21)28)16-18-8-4-2-5-9-18/h2-15,22,27H,16H2,1H3/t22-/m1/s1. The van der Waals surface area contributed by atoms with E-state index in [-0.39, 0.29) is 17.9 Å². The highest BCUT2D eigenvalue weighted by molar-refractivity contribution is 6.46. The van der Waals surface area contributed by atoms with Crippen molar-refractivity contribution in [3.8, 4) is 0 Å². The summed E-state index contributed by atoms with van der Waals surface area (Å²) >= 11 is 0. The van der Waals surface area contributed by atoms with Gasteiger partial charge < -0.3 is 10.0 Å². The molecule has 0 bridgehead atoms. The molecule has 1 atom stereocenters. The first-order chi connectivity index (χ1) is 14.1. The van der Waals surface area contributed by atoms with Gasteiger partial charge in [0.1, 0.15) is 5.76 Å². The fraction of sp³-hybridized carbons (Fsp3) is 0.120. The highest BCUT2D eigenvalue weighted by atomic mass is 16.3. The topological polar surface area (TPSA) is 57.6 Å². The van der Waals surface area contributed by atoms with Crippen molar-refractivity contribution in [2.75, 3.05) is 0 Å². The van der Waals surface area contributed by atoms with Crippen LogP contribution in [0, 0.1) is 6.92 Å². The summed E-state index contributed by atoms with van der Waals surface area (Å²) in [6.45, 7) is 2.24. The number of hydrogen-bond donors (Lipinski definition) is 1. The molecule has 1 heterocycles. The van der Waals surface area contributed by atoms with Gasteiger partial charge in [0.05, 0.1) is 11.6 Å². The van der Waals surface area contributed by atoms with Crippen LogP contribution in [0.5, 0.6) is 0 Å². The van der Waals surface area contributed by atoms with Gasteiger partial charge in [0, 0.05) is 12.1 Å². The van der Waals surface area contributed by atoms with Crippen molar-refractivity contribution in [3.05, 3.63) is 113 Å². The number of amides is 1. The quantitative estimate of drug-likeness (QED) is 0.406. The van der Waals surface area contributed by atoms with Crippen LogP contribution in [-0.4, -0.2) is 21.7 Å². The first kappa shape index (κ1) is 18.7.